The summed E-state index contributed by atoms with van der Waals surface area (Å²) in [6.07, 6.45) is 5.87. The van der Waals surface area contributed by atoms with E-state index in [1.807, 2.05) is 18.2 Å². The third kappa shape index (κ3) is 3.37. The van der Waals surface area contributed by atoms with Crippen molar-refractivity contribution in [1.82, 2.24) is 0 Å². The van der Waals surface area contributed by atoms with Crippen molar-refractivity contribution in [2.24, 2.45) is 0 Å². The van der Waals surface area contributed by atoms with E-state index in [9.17, 15) is 4.79 Å². The van der Waals surface area contributed by atoms with Gasteiger partial charge in [-0.1, -0.05) is 18.6 Å². The third-order valence-electron chi connectivity index (χ3n) is 3.90. The molecule has 0 unspecified atom stereocenters. The maximum Gasteiger partial charge on any atom is 0.348 e. The molecular formula is C18H17NO2S. The molecule has 0 saturated heterocycles. The van der Waals surface area contributed by atoms with Gasteiger partial charge < -0.3 is 4.74 Å². The van der Waals surface area contributed by atoms with Crippen LogP contribution in [0.5, 0.6) is 0 Å². The summed E-state index contributed by atoms with van der Waals surface area (Å²) in [5, 5.41) is 8.76. The molecule has 1 heterocycles. The third-order valence-corrected chi connectivity index (χ3v) is 5.12. The fraction of sp³-hybridized carbons (Fsp3) is 0.333. The predicted octanol–water partition coefficient (Wildman–Crippen LogP) is 4.25. The maximum atomic E-state index is 12.2. The number of rotatable bonds is 3. The Morgan fingerprint density at radius 2 is 1.95 bits per heavy atom. The normalized spacial score (nSPS) is 13.8. The molecule has 22 heavy (non-hydrogen) atoms. The van der Waals surface area contributed by atoms with Crippen molar-refractivity contribution in [3.8, 4) is 6.07 Å². The first-order valence-corrected chi connectivity index (χ1v) is 8.35. The van der Waals surface area contributed by atoms with Crippen molar-refractivity contribution in [3.63, 3.8) is 0 Å². The molecule has 0 atom stereocenters. The SMILES string of the molecule is N#Cc1ccc(COC(=O)c2cc3c(s2)CCCCC3)cc1. The lowest BCUT2D eigenvalue weighted by Gasteiger charge is -2.03. The Hall–Kier alpha value is -2.12. The second-order valence-corrected chi connectivity index (χ2v) is 6.64. The average molecular weight is 311 g/mol. The van der Waals surface area contributed by atoms with Gasteiger partial charge in [0.15, 0.2) is 0 Å². The van der Waals surface area contributed by atoms with E-state index in [1.54, 1.807) is 23.5 Å². The van der Waals surface area contributed by atoms with Gasteiger partial charge in [0.05, 0.1) is 11.6 Å². The number of nitrogens with zero attached hydrogens (tertiary/aromatic N) is 1. The monoisotopic (exact) mass is 311 g/mol. The summed E-state index contributed by atoms with van der Waals surface area (Å²) >= 11 is 1.58. The van der Waals surface area contributed by atoms with E-state index in [0.29, 0.717) is 10.4 Å². The molecule has 112 valence electrons. The van der Waals surface area contributed by atoms with Gasteiger partial charge in [0, 0.05) is 4.88 Å². The first kappa shape index (κ1) is 14.8. The largest absolute Gasteiger partial charge is 0.457 e. The molecule has 0 fully saturated rings. The molecule has 0 radical (unpaired) electrons. The summed E-state index contributed by atoms with van der Waals surface area (Å²) in [5.74, 6) is -0.248. The molecular weight excluding hydrogens is 294 g/mol. The lowest BCUT2D eigenvalue weighted by atomic mass is 10.1. The number of thiophene rings is 1. The summed E-state index contributed by atoms with van der Waals surface area (Å²) in [7, 11) is 0. The van der Waals surface area contributed by atoms with Crippen LogP contribution in [-0.4, -0.2) is 5.97 Å². The van der Waals surface area contributed by atoms with Crippen LogP contribution >= 0.6 is 11.3 Å². The van der Waals surface area contributed by atoms with Gasteiger partial charge in [0.1, 0.15) is 11.5 Å². The summed E-state index contributed by atoms with van der Waals surface area (Å²) < 4.78 is 5.39. The van der Waals surface area contributed by atoms with Crippen LogP contribution in [0, 0.1) is 11.3 Å². The lowest BCUT2D eigenvalue weighted by molar-refractivity contribution is 0.0478. The Bertz CT molecular complexity index is 686. The molecule has 1 aromatic carbocycles. The smallest absolute Gasteiger partial charge is 0.348 e. The van der Waals surface area contributed by atoms with Gasteiger partial charge in [-0.15, -0.1) is 11.3 Å². The van der Waals surface area contributed by atoms with E-state index in [2.05, 4.69) is 6.07 Å². The minimum atomic E-state index is -0.248. The molecule has 0 spiro atoms. The number of fused-ring (bicyclic) bond motifs is 1. The van der Waals surface area contributed by atoms with Gasteiger partial charge in [-0.05, 0) is 55.0 Å². The second kappa shape index (κ2) is 6.76. The van der Waals surface area contributed by atoms with Gasteiger partial charge >= 0.3 is 5.97 Å². The first-order chi connectivity index (χ1) is 10.8. The fourth-order valence-electron chi connectivity index (χ4n) is 2.66. The zero-order valence-electron chi connectivity index (χ0n) is 12.3. The molecule has 2 aromatic rings. The molecule has 1 aliphatic carbocycles. The Labute approximate surface area is 134 Å². The maximum absolute atomic E-state index is 12.2. The van der Waals surface area contributed by atoms with Crippen LogP contribution in [0.3, 0.4) is 0 Å². The van der Waals surface area contributed by atoms with Crippen LogP contribution in [0.1, 0.15) is 50.5 Å². The van der Waals surface area contributed by atoms with Crippen LogP contribution in [0.25, 0.3) is 0 Å². The highest BCUT2D eigenvalue weighted by Gasteiger charge is 2.17. The van der Waals surface area contributed by atoms with Crippen LogP contribution in [0.4, 0.5) is 0 Å². The van der Waals surface area contributed by atoms with Gasteiger partial charge in [0.2, 0.25) is 0 Å². The molecule has 0 N–H and O–H groups in total. The number of hydrogen-bond acceptors (Lipinski definition) is 4. The Kier molecular flexibility index (Phi) is 4.55. The summed E-state index contributed by atoms with van der Waals surface area (Å²) in [4.78, 5) is 14.2. The van der Waals surface area contributed by atoms with Crippen molar-refractivity contribution >= 4 is 17.3 Å². The molecule has 4 heteroatoms. The molecule has 0 saturated carbocycles. The summed E-state index contributed by atoms with van der Waals surface area (Å²) in [6, 6.07) is 11.2. The molecule has 1 aliphatic rings. The van der Waals surface area contributed by atoms with Gasteiger partial charge in [-0.2, -0.15) is 5.26 Å². The van der Waals surface area contributed by atoms with Crippen molar-refractivity contribution in [2.75, 3.05) is 0 Å². The molecule has 1 aromatic heterocycles. The van der Waals surface area contributed by atoms with Crippen molar-refractivity contribution in [1.29, 1.82) is 5.26 Å². The van der Waals surface area contributed by atoms with Crippen molar-refractivity contribution in [3.05, 3.63) is 56.8 Å². The number of nitriles is 1. The average Bonchev–Trinajstić information content (AvgIpc) is 2.84. The van der Waals surface area contributed by atoms with E-state index in [4.69, 9.17) is 10.00 Å². The van der Waals surface area contributed by atoms with E-state index in [1.165, 1.54) is 29.7 Å². The van der Waals surface area contributed by atoms with E-state index >= 15 is 0 Å². The topological polar surface area (TPSA) is 50.1 Å². The van der Waals surface area contributed by atoms with Crippen molar-refractivity contribution < 1.29 is 9.53 Å². The van der Waals surface area contributed by atoms with E-state index < -0.39 is 0 Å². The quantitative estimate of drug-likeness (QED) is 0.629. The highest BCUT2D eigenvalue weighted by Crippen LogP contribution is 2.29. The summed E-state index contributed by atoms with van der Waals surface area (Å²) in [6.45, 7) is 0.243. The van der Waals surface area contributed by atoms with Crippen LogP contribution in [0.2, 0.25) is 0 Å². The predicted molar refractivity (Wildman–Crippen MR) is 85.9 cm³/mol. The van der Waals surface area contributed by atoms with Crippen LogP contribution in [-0.2, 0) is 24.2 Å². The number of hydrogen-bond donors (Lipinski definition) is 0. The first-order valence-electron chi connectivity index (χ1n) is 7.54. The standard InChI is InChI=1S/C18H17NO2S/c19-11-13-6-8-14(9-7-13)12-21-18(20)17-10-15-4-2-1-3-5-16(15)22-17/h6-10H,1-5,12H2. The van der Waals surface area contributed by atoms with Crippen molar-refractivity contribution in [2.45, 2.75) is 38.7 Å². The highest BCUT2D eigenvalue weighted by molar-refractivity contribution is 7.14. The highest BCUT2D eigenvalue weighted by atomic mass is 32.1. The Morgan fingerprint density at radius 3 is 2.73 bits per heavy atom. The molecule has 3 nitrogen and oxygen atoms in total. The van der Waals surface area contributed by atoms with Crippen LogP contribution in [0.15, 0.2) is 30.3 Å². The number of esters is 1. The van der Waals surface area contributed by atoms with E-state index in [-0.39, 0.29) is 12.6 Å². The molecule has 0 bridgehead atoms. The second-order valence-electron chi connectivity index (χ2n) is 5.50. The van der Waals surface area contributed by atoms with Crippen LogP contribution < -0.4 is 0 Å². The Balaban J connectivity index is 1.63. The number of ether oxygens (including phenoxy) is 1. The van der Waals surface area contributed by atoms with Gasteiger partial charge in [0.25, 0.3) is 0 Å². The molecule has 3 rings (SSSR count). The number of carbonyl (C=O) groups excluding carboxylic acids is 1. The minimum absolute atomic E-state index is 0.243. The van der Waals surface area contributed by atoms with E-state index in [0.717, 1.165) is 18.4 Å². The lowest BCUT2D eigenvalue weighted by Crippen LogP contribution is -2.03. The number of aryl methyl sites for hydroxylation is 2. The number of benzene rings is 1. The van der Waals surface area contributed by atoms with Gasteiger partial charge in [-0.3, -0.25) is 0 Å². The van der Waals surface area contributed by atoms with Gasteiger partial charge in [-0.25, -0.2) is 4.79 Å². The zero-order valence-corrected chi connectivity index (χ0v) is 13.1. The molecule has 0 amide bonds. The molecule has 0 aliphatic heterocycles. The number of carbonyl (C=O) groups is 1. The zero-order chi connectivity index (χ0) is 15.4. The summed E-state index contributed by atoms with van der Waals surface area (Å²) in [5.41, 5.74) is 2.83. The fourth-order valence-corrected chi connectivity index (χ4v) is 3.81. The Morgan fingerprint density at radius 1 is 1.18 bits per heavy atom. The minimum Gasteiger partial charge on any atom is -0.457 e.